The van der Waals surface area contributed by atoms with Crippen molar-refractivity contribution in [3.63, 3.8) is 0 Å². The van der Waals surface area contributed by atoms with Gasteiger partial charge in [0, 0.05) is 75.0 Å². The fourth-order valence-corrected chi connectivity index (χ4v) is 5.37. The van der Waals surface area contributed by atoms with Gasteiger partial charge in [-0.2, -0.15) is 0 Å². The minimum absolute atomic E-state index is 0. The number of hydrogen-bond acceptors (Lipinski definition) is 3. The second-order valence-electron chi connectivity index (χ2n) is 10.2. The molecule has 0 spiro atoms. The number of furan rings is 1. The number of aromatic nitrogens is 2. The molecule has 45 heavy (non-hydrogen) atoms. The third kappa shape index (κ3) is 5.46. The molecule has 4 heteroatoms. The van der Waals surface area contributed by atoms with Gasteiger partial charge in [-0.3, -0.25) is 0 Å². The first kappa shape index (κ1) is 17.2. The molecule has 3 aromatic heterocycles. The summed E-state index contributed by atoms with van der Waals surface area (Å²) < 4.78 is 124. The van der Waals surface area contributed by atoms with Crippen LogP contribution >= 0.6 is 0 Å². The zero-order chi connectivity index (χ0) is 42.9. The Morgan fingerprint density at radius 3 is 2.24 bits per heavy atom. The maximum atomic E-state index is 8.37. The van der Waals surface area contributed by atoms with Crippen molar-refractivity contribution in [1.29, 1.82) is 0 Å². The third-order valence-corrected chi connectivity index (χ3v) is 7.46. The molecule has 3 nitrogen and oxygen atoms in total. The number of nitrogens with zero attached hydrogens (tertiary/aromatic N) is 2. The molecule has 8 aromatic rings. The van der Waals surface area contributed by atoms with Gasteiger partial charge in [-0.25, -0.2) is 0 Å². The van der Waals surface area contributed by atoms with Crippen molar-refractivity contribution in [3.8, 4) is 22.6 Å². The van der Waals surface area contributed by atoms with E-state index in [4.69, 9.17) is 25.0 Å². The third-order valence-electron chi connectivity index (χ3n) is 7.46. The van der Waals surface area contributed by atoms with Gasteiger partial charge < -0.3 is 14.4 Å². The molecule has 5 aromatic carbocycles. The zero-order valence-electron chi connectivity index (χ0n) is 38.5. The number of pyridine rings is 2. The molecule has 0 fully saturated rings. The van der Waals surface area contributed by atoms with E-state index in [-0.39, 0.29) is 70.0 Å². The van der Waals surface area contributed by atoms with E-state index < -0.39 is 39.8 Å². The Kier molecular flexibility index (Phi) is 4.73. The summed E-state index contributed by atoms with van der Waals surface area (Å²) >= 11 is 0. The Bertz CT molecular complexity index is 2790. The van der Waals surface area contributed by atoms with Crippen molar-refractivity contribution in [2.75, 3.05) is 0 Å². The summed E-state index contributed by atoms with van der Waals surface area (Å²) in [5.41, 5.74) is 1.73. The van der Waals surface area contributed by atoms with Crippen LogP contribution in [0.15, 0.2) is 108 Å². The Balaban J connectivity index is 0.000000243. The summed E-state index contributed by atoms with van der Waals surface area (Å²) in [4.78, 5) is 8.52. The maximum absolute atomic E-state index is 8.37. The van der Waals surface area contributed by atoms with Crippen molar-refractivity contribution in [2.24, 2.45) is 0 Å². The van der Waals surface area contributed by atoms with Crippen LogP contribution in [0.5, 0.6) is 0 Å². The normalized spacial score (nSPS) is 17.4. The summed E-state index contributed by atoms with van der Waals surface area (Å²) in [5.74, 6) is 0.140. The topological polar surface area (TPSA) is 38.9 Å². The summed E-state index contributed by atoms with van der Waals surface area (Å²) in [6.45, 7) is -12.5. The van der Waals surface area contributed by atoms with Crippen molar-refractivity contribution < 1.29 is 45.1 Å². The van der Waals surface area contributed by atoms with Crippen LogP contribution in [0.25, 0.3) is 66.0 Å². The second-order valence-corrected chi connectivity index (χ2v) is 10.2. The molecule has 0 saturated carbocycles. The van der Waals surface area contributed by atoms with Crippen LogP contribution in [0.3, 0.4) is 0 Å². The minimum atomic E-state index is -2.83. The van der Waals surface area contributed by atoms with Crippen molar-refractivity contribution >= 4 is 43.4 Å². The molecule has 0 saturated heterocycles. The van der Waals surface area contributed by atoms with Crippen LogP contribution in [0, 0.1) is 46.4 Å². The van der Waals surface area contributed by atoms with Crippen LogP contribution in [-0.2, 0) is 20.1 Å². The number of aryl methyl sites for hydroxylation is 5. The van der Waals surface area contributed by atoms with Crippen molar-refractivity contribution in [3.05, 3.63) is 143 Å². The average molecular weight is 776 g/mol. The van der Waals surface area contributed by atoms with E-state index in [1.165, 1.54) is 24.4 Å². The van der Waals surface area contributed by atoms with Crippen LogP contribution in [-0.4, -0.2) is 9.97 Å². The van der Waals surface area contributed by atoms with E-state index in [1.54, 1.807) is 66.7 Å². The van der Waals surface area contributed by atoms with Gasteiger partial charge in [-0.05, 0) is 66.1 Å². The molecule has 1 radical (unpaired) electrons. The monoisotopic (exact) mass is 776 g/mol. The first-order valence-corrected chi connectivity index (χ1v) is 13.7. The molecule has 3 heterocycles. The van der Waals surface area contributed by atoms with Gasteiger partial charge >= 0.3 is 0 Å². The SMILES string of the molecule is [2H]C([2H])([2H])c1c[c-]c(-c2ccc(C([2H])([2H])[2H])cn2)cc1.[2H]C([2H])([2H])c1cnc2c3[c-]cccc3c3ccc4c(C([2H])([2H])[2H])c(-c5ccccc5)oc4c3c2c1C([2H])([2H])[2H].[Ir]. The van der Waals surface area contributed by atoms with Gasteiger partial charge in [0.05, 0.1) is 0 Å². The van der Waals surface area contributed by atoms with Crippen LogP contribution < -0.4 is 0 Å². The van der Waals surface area contributed by atoms with E-state index >= 15 is 0 Å². The molecular formula is C41H32IrN2O-2. The summed E-state index contributed by atoms with van der Waals surface area (Å²) in [6, 6.07) is 31.0. The number of hydrogen-bond donors (Lipinski definition) is 0. The standard InChI is InChI=1S/C28H20NO.C13H12N.Ir/c1-16-15-29-26-23-12-8-7-11-21(23)22-14-13-20-18(3)27(19-9-5-4-6-10-19)30-28(20)25(22)24(26)17(16)2;1-10-3-6-12(7-4-10)13-8-5-11(2)9-14-13;/h4-11,13-15H,1-3H3;3-6,8-9H,1-2H3;/q2*-1;/i1D3,2D3,3D3;1D3,2D3;. The van der Waals surface area contributed by atoms with Gasteiger partial charge in [0.25, 0.3) is 0 Å². The molecule has 0 N–H and O–H groups in total. The van der Waals surface area contributed by atoms with Crippen LogP contribution in [0.2, 0.25) is 0 Å². The van der Waals surface area contributed by atoms with Crippen LogP contribution in [0.1, 0.15) is 48.4 Å². The number of fused-ring (bicyclic) bond motifs is 8. The average Bonchev–Trinajstić information content (AvgIpc) is 3.58. The fraction of sp³-hybridized carbons (Fsp3) is 0.122. The molecule has 0 amide bonds. The fourth-order valence-electron chi connectivity index (χ4n) is 5.37. The molecule has 0 aliphatic rings. The van der Waals surface area contributed by atoms with E-state index in [9.17, 15) is 0 Å². The molecule has 8 rings (SSSR count). The van der Waals surface area contributed by atoms with Gasteiger partial charge in [0.1, 0.15) is 11.3 Å². The molecule has 223 valence electrons. The Hall–Kier alpha value is -4.63. The van der Waals surface area contributed by atoms with Crippen molar-refractivity contribution in [2.45, 2.75) is 34.3 Å². The quantitative estimate of drug-likeness (QED) is 0.130. The second kappa shape index (κ2) is 12.4. The number of rotatable bonds is 2. The first-order chi connectivity index (χ1) is 27.5. The van der Waals surface area contributed by atoms with Crippen molar-refractivity contribution in [1.82, 2.24) is 9.97 Å². The predicted octanol–water partition coefficient (Wildman–Crippen LogP) is 10.8. The molecule has 0 unspecified atom stereocenters. The molecule has 0 bridgehead atoms. The Morgan fingerprint density at radius 2 is 1.51 bits per heavy atom. The zero-order valence-corrected chi connectivity index (χ0v) is 25.8. The Labute approximate surface area is 298 Å². The van der Waals surface area contributed by atoms with Gasteiger partial charge in [-0.15, -0.1) is 65.0 Å². The van der Waals surface area contributed by atoms with Crippen LogP contribution in [0.4, 0.5) is 0 Å². The Morgan fingerprint density at radius 1 is 0.667 bits per heavy atom. The maximum Gasteiger partial charge on any atom is 0.142 e. The van der Waals surface area contributed by atoms with Gasteiger partial charge in [0.2, 0.25) is 0 Å². The molecule has 0 atom stereocenters. The van der Waals surface area contributed by atoms with Gasteiger partial charge in [0.15, 0.2) is 0 Å². The smallest absolute Gasteiger partial charge is 0.142 e. The molecule has 0 aliphatic heterocycles. The predicted molar refractivity (Wildman–Crippen MR) is 183 cm³/mol. The summed E-state index contributed by atoms with van der Waals surface area (Å²) in [5, 5.41) is 2.46. The first-order valence-electron chi connectivity index (χ1n) is 21.2. The summed E-state index contributed by atoms with van der Waals surface area (Å²) in [6.07, 6.45) is 2.39. The summed E-state index contributed by atoms with van der Waals surface area (Å²) in [7, 11) is 0. The van der Waals surface area contributed by atoms with E-state index in [2.05, 4.69) is 22.1 Å². The van der Waals surface area contributed by atoms with E-state index in [1.807, 2.05) is 6.07 Å². The molecular weight excluding hydrogens is 729 g/mol. The largest absolute Gasteiger partial charge is 0.455 e. The van der Waals surface area contributed by atoms with E-state index in [0.717, 1.165) is 6.20 Å². The van der Waals surface area contributed by atoms with Gasteiger partial charge in [-0.1, -0.05) is 66.8 Å². The number of benzene rings is 5. The molecule has 0 aliphatic carbocycles. The van der Waals surface area contributed by atoms with E-state index in [0.29, 0.717) is 38.4 Å². The minimum Gasteiger partial charge on any atom is -0.455 e.